The quantitative estimate of drug-likeness (QED) is 0.183. The fourth-order valence-corrected chi connectivity index (χ4v) is 8.98. The highest BCUT2D eigenvalue weighted by Crippen LogP contribution is 2.55. The van der Waals surface area contributed by atoms with E-state index in [4.69, 9.17) is 14.7 Å². The predicted octanol–water partition coefficient (Wildman–Crippen LogP) is 11.3. The zero-order chi connectivity index (χ0) is 31.3. The molecule has 6 heteroatoms. The lowest BCUT2D eigenvalue weighted by Gasteiger charge is -2.41. The van der Waals surface area contributed by atoms with Crippen LogP contribution in [0.4, 0.5) is 17.2 Å². The fourth-order valence-electron chi connectivity index (χ4n) is 7.58. The van der Waals surface area contributed by atoms with Gasteiger partial charge < -0.3 is 4.74 Å². The molecule has 0 bridgehead atoms. The van der Waals surface area contributed by atoms with Crippen molar-refractivity contribution in [1.29, 1.82) is 0 Å². The van der Waals surface area contributed by atoms with Gasteiger partial charge >= 0.3 is 0 Å². The summed E-state index contributed by atoms with van der Waals surface area (Å²) in [6.07, 6.45) is 5.76. The standard InChI is InChI=1S/C41H28N4OS/c1-41(2)33-13-8-20-42-40(33)45(35-19-18-31-30-12-4-6-15-36(30)47-38(31)37(35)41)25-9-7-10-26(23-25)46-27-16-17-28-29-11-3-5-14-34(29)44-22-21-43-39(44)32(28)24-27/h3-24H,1-2H3. The summed E-state index contributed by atoms with van der Waals surface area (Å²) in [6, 6.07) is 40.6. The van der Waals surface area contributed by atoms with Gasteiger partial charge in [0.2, 0.25) is 0 Å². The summed E-state index contributed by atoms with van der Waals surface area (Å²) in [5, 5.41) is 6.01. The molecule has 0 saturated carbocycles. The Morgan fingerprint density at radius 3 is 2.43 bits per heavy atom. The van der Waals surface area contributed by atoms with E-state index in [1.807, 2.05) is 42.1 Å². The minimum Gasteiger partial charge on any atom is -0.457 e. The number of ether oxygens (including phenoxy) is 1. The van der Waals surface area contributed by atoms with Crippen molar-refractivity contribution in [3.05, 3.63) is 145 Å². The van der Waals surface area contributed by atoms with E-state index < -0.39 is 0 Å². The molecule has 0 aliphatic carbocycles. The van der Waals surface area contributed by atoms with Crippen molar-refractivity contribution in [1.82, 2.24) is 14.4 Å². The van der Waals surface area contributed by atoms with Crippen LogP contribution in [0.5, 0.6) is 11.5 Å². The highest BCUT2D eigenvalue weighted by Gasteiger charge is 2.39. The Morgan fingerprint density at radius 2 is 1.49 bits per heavy atom. The van der Waals surface area contributed by atoms with E-state index in [0.29, 0.717) is 0 Å². The number of nitrogens with zero attached hydrogens (tertiary/aromatic N) is 4. The number of para-hydroxylation sites is 1. The number of imidazole rings is 1. The number of aromatic nitrogens is 3. The molecule has 0 amide bonds. The minimum atomic E-state index is -0.239. The SMILES string of the molecule is CC1(C)c2cccnc2N(c2cccc(Oc3ccc4c5ccccc5n5ccnc5c4c3)c2)c2ccc3c(sc4ccccc43)c21. The third-order valence-electron chi connectivity index (χ3n) is 9.70. The smallest absolute Gasteiger partial charge is 0.145 e. The van der Waals surface area contributed by atoms with Crippen molar-refractivity contribution in [2.24, 2.45) is 0 Å². The summed E-state index contributed by atoms with van der Waals surface area (Å²) >= 11 is 1.88. The molecule has 0 saturated heterocycles. The van der Waals surface area contributed by atoms with Gasteiger partial charge in [0.25, 0.3) is 0 Å². The molecule has 0 unspecified atom stereocenters. The molecule has 0 fully saturated rings. The Balaban J connectivity index is 1.12. The molecule has 5 heterocycles. The molecular weight excluding hydrogens is 597 g/mol. The molecule has 47 heavy (non-hydrogen) atoms. The van der Waals surface area contributed by atoms with Crippen molar-refractivity contribution in [2.75, 3.05) is 4.90 Å². The molecule has 5 nitrogen and oxygen atoms in total. The maximum Gasteiger partial charge on any atom is 0.145 e. The molecule has 5 aromatic carbocycles. The first kappa shape index (κ1) is 26.5. The largest absolute Gasteiger partial charge is 0.457 e. The van der Waals surface area contributed by atoms with E-state index in [9.17, 15) is 0 Å². The highest BCUT2D eigenvalue weighted by molar-refractivity contribution is 7.26. The molecule has 9 aromatic rings. The third kappa shape index (κ3) is 3.76. The van der Waals surface area contributed by atoms with Gasteiger partial charge in [0.15, 0.2) is 0 Å². The Morgan fingerprint density at radius 1 is 0.660 bits per heavy atom. The number of fused-ring (bicyclic) bond motifs is 12. The lowest BCUT2D eigenvalue weighted by molar-refractivity contribution is 0.483. The molecule has 1 aliphatic heterocycles. The van der Waals surface area contributed by atoms with Crippen molar-refractivity contribution in [3.8, 4) is 11.5 Å². The van der Waals surface area contributed by atoms with E-state index in [0.717, 1.165) is 50.6 Å². The Hall–Kier alpha value is -5.72. The minimum absolute atomic E-state index is 0.239. The van der Waals surface area contributed by atoms with E-state index in [1.54, 1.807) is 0 Å². The Bertz CT molecular complexity index is 2720. The molecule has 4 aromatic heterocycles. The van der Waals surface area contributed by atoms with Crippen LogP contribution < -0.4 is 9.64 Å². The fraction of sp³-hybridized carbons (Fsp3) is 0.0732. The first-order valence-electron chi connectivity index (χ1n) is 15.8. The van der Waals surface area contributed by atoms with Crippen LogP contribution in [0.3, 0.4) is 0 Å². The average molecular weight is 625 g/mol. The molecule has 0 spiro atoms. The second-order valence-electron chi connectivity index (χ2n) is 12.7. The number of benzene rings is 5. The zero-order valence-corrected chi connectivity index (χ0v) is 26.6. The van der Waals surface area contributed by atoms with Gasteiger partial charge in [-0.05, 0) is 60.0 Å². The van der Waals surface area contributed by atoms with Crippen LogP contribution in [0.1, 0.15) is 25.0 Å². The van der Waals surface area contributed by atoms with Crippen LogP contribution in [0.2, 0.25) is 0 Å². The maximum atomic E-state index is 6.60. The summed E-state index contributed by atoms with van der Waals surface area (Å²) in [5.41, 5.74) is 6.50. The molecule has 0 radical (unpaired) electrons. The Kier molecular flexibility index (Phi) is 5.44. The molecule has 1 aliphatic rings. The second-order valence-corrected chi connectivity index (χ2v) is 13.8. The van der Waals surface area contributed by atoms with E-state index >= 15 is 0 Å². The zero-order valence-electron chi connectivity index (χ0n) is 25.8. The number of rotatable bonds is 3. The molecular formula is C41H28N4OS. The van der Waals surface area contributed by atoms with Crippen LogP contribution in [0.25, 0.3) is 47.5 Å². The maximum absolute atomic E-state index is 6.60. The normalized spacial score (nSPS) is 13.9. The highest BCUT2D eigenvalue weighted by atomic mass is 32.1. The van der Waals surface area contributed by atoms with Gasteiger partial charge in [0.05, 0.1) is 16.9 Å². The second kappa shape index (κ2) is 9.64. The summed E-state index contributed by atoms with van der Waals surface area (Å²) in [6.45, 7) is 4.65. The van der Waals surface area contributed by atoms with Crippen LogP contribution >= 0.6 is 11.3 Å². The number of hydrogen-bond donors (Lipinski definition) is 0. The van der Waals surface area contributed by atoms with E-state index in [-0.39, 0.29) is 5.41 Å². The van der Waals surface area contributed by atoms with Crippen molar-refractivity contribution in [2.45, 2.75) is 19.3 Å². The number of thiophene rings is 1. The number of hydrogen-bond acceptors (Lipinski definition) is 5. The average Bonchev–Trinajstić information content (AvgIpc) is 3.74. The number of pyridine rings is 2. The van der Waals surface area contributed by atoms with Gasteiger partial charge in [-0.1, -0.05) is 68.4 Å². The Labute approximate surface area is 274 Å². The third-order valence-corrected chi connectivity index (χ3v) is 10.9. The van der Waals surface area contributed by atoms with Crippen molar-refractivity contribution in [3.63, 3.8) is 0 Å². The van der Waals surface area contributed by atoms with E-state index in [1.165, 1.54) is 36.7 Å². The summed E-state index contributed by atoms with van der Waals surface area (Å²) in [5.74, 6) is 2.47. The van der Waals surface area contributed by atoms with E-state index in [2.05, 4.69) is 126 Å². The van der Waals surface area contributed by atoms with Gasteiger partial charge in [-0.25, -0.2) is 9.97 Å². The lowest BCUT2D eigenvalue weighted by atomic mass is 9.74. The van der Waals surface area contributed by atoms with Crippen LogP contribution in [0.15, 0.2) is 134 Å². The van der Waals surface area contributed by atoms with Gasteiger partial charge in [0, 0.05) is 72.1 Å². The number of anilines is 3. The lowest BCUT2D eigenvalue weighted by Crippen LogP contribution is -2.31. The molecule has 224 valence electrons. The first-order chi connectivity index (χ1) is 23.1. The summed E-state index contributed by atoms with van der Waals surface area (Å²) < 4.78 is 11.4. The van der Waals surface area contributed by atoms with Gasteiger partial charge in [-0.2, -0.15) is 0 Å². The van der Waals surface area contributed by atoms with Crippen LogP contribution in [-0.2, 0) is 5.41 Å². The van der Waals surface area contributed by atoms with Gasteiger partial charge in [-0.3, -0.25) is 9.30 Å². The molecule has 0 N–H and O–H groups in total. The first-order valence-corrected chi connectivity index (χ1v) is 16.6. The van der Waals surface area contributed by atoms with Gasteiger partial charge in [-0.15, -0.1) is 11.3 Å². The van der Waals surface area contributed by atoms with Crippen molar-refractivity contribution >= 4 is 76.0 Å². The van der Waals surface area contributed by atoms with Crippen molar-refractivity contribution < 1.29 is 4.74 Å². The molecule has 0 atom stereocenters. The monoisotopic (exact) mass is 624 g/mol. The molecule has 10 rings (SSSR count). The van der Waals surface area contributed by atoms with Crippen LogP contribution in [0, 0.1) is 0 Å². The summed E-state index contributed by atoms with van der Waals surface area (Å²) in [7, 11) is 0. The predicted molar refractivity (Wildman–Crippen MR) is 194 cm³/mol. The summed E-state index contributed by atoms with van der Waals surface area (Å²) in [4.78, 5) is 12.0. The van der Waals surface area contributed by atoms with Crippen LogP contribution in [-0.4, -0.2) is 14.4 Å². The topological polar surface area (TPSA) is 42.7 Å². The van der Waals surface area contributed by atoms with Gasteiger partial charge in [0.1, 0.15) is 23.0 Å².